The number of fused-ring (bicyclic) bond motifs is 4. The van der Waals surface area contributed by atoms with Gasteiger partial charge in [-0.3, -0.25) is 64.5 Å². The zero-order valence-corrected chi connectivity index (χ0v) is 74.7. The van der Waals surface area contributed by atoms with Crippen LogP contribution in [0, 0.1) is 25.6 Å². The lowest BCUT2D eigenvalue weighted by molar-refractivity contribution is -0.113. The molecule has 1 fully saturated rings. The number of hydrogen-bond donors (Lipinski definition) is 12. The molecule has 12 N–H and O–H groups in total. The second-order valence-electron chi connectivity index (χ2n) is 32.1. The van der Waals surface area contributed by atoms with Gasteiger partial charge in [-0.25, -0.2) is 24.3 Å². The van der Waals surface area contributed by atoms with Gasteiger partial charge in [0, 0.05) is 95.5 Å². The predicted molar refractivity (Wildman–Crippen MR) is 508 cm³/mol. The fourth-order valence-corrected chi connectivity index (χ4v) is 16.2. The number of aromatic nitrogens is 18. The van der Waals surface area contributed by atoms with Crippen molar-refractivity contribution in [1.29, 1.82) is 0 Å². The van der Waals surface area contributed by atoms with Crippen molar-refractivity contribution >= 4 is 114 Å². The summed E-state index contributed by atoms with van der Waals surface area (Å²) in [4.78, 5) is 108. The summed E-state index contributed by atoms with van der Waals surface area (Å²) in [5.74, 6) is 4.37. The number of rotatable bonds is 24. The first-order chi connectivity index (χ1) is 64.7. The van der Waals surface area contributed by atoms with Gasteiger partial charge in [0.15, 0.2) is 46.3 Å². The molecular weight excluding hydrogens is 1690 g/mol. The molecule has 0 aliphatic carbocycles. The average molecular weight is 1790 g/mol. The van der Waals surface area contributed by atoms with Crippen molar-refractivity contribution in [2.45, 2.75) is 79.6 Å². The zero-order chi connectivity index (χ0) is 92.5. The number of nitrogens with one attached hydrogen (secondary N) is 12. The molecule has 674 valence electrons. The van der Waals surface area contributed by atoms with Crippen molar-refractivity contribution in [3.8, 4) is 74.8 Å². The number of imidazole rings is 4. The smallest absolute Gasteiger partial charge is 0.259 e. The molecule has 0 atom stereocenters. The van der Waals surface area contributed by atoms with E-state index in [1.165, 1.54) is 55.7 Å². The number of halogens is 1. The molecule has 0 spiro atoms. The zero-order valence-electron chi connectivity index (χ0n) is 74.7. The number of methoxy groups -OCH3 is 5. The summed E-state index contributed by atoms with van der Waals surface area (Å²) in [6, 6.07) is 39.9. The normalized spacial score (nSPS) is 13.8. The lowest BCUT2D eigenvalue weighted by Crippen LogP contribution is -2.30. The topological polar surface area (TPSA) is 458 Å². The van der Waals surface area contributed by atoms with Crippen LogP contribution in [-0.2, 0) is 27.2 Å². The molecule has 4 aliphatic heterocycles. The van der Waals surface area contributed by atoms with Crippen molar-refractivity contribution in [2.24, 2.45) is 20.9 Å². The van der Waals surface area contributed by atoms with Gasteiger partial charge in [0.25, 0.3) is 23.6 Å². The van der Waals surface area contributed by atoms with Crippen LogP contribution in [0.2, 0.25) is 0 Å². The summed E-state index contributed by atoms with van der Waals surface area (Å²) >= 11 is 0. The number of carbonyl (C=O) groups is 4. The van der Waals surface area contributed by atoms with Gasteiger partial charge < -0.3 is 69.8 Å². The average Bonchev–Trinajstić information content (AvgIpc) is 1.65. The van der Waals surface area contributed by atoms with Gasteiger partial charge in [0.05, 0.1) is 157 Å². The maximum Gasteiger partial charge on any atom is 0.259 e. The fourth-order valence-electron chi connectivity index (χ4n) is 16.2. The molecule has 0 bridgehead atoms. The van der Waals surface area contributed by atoms with E-state index in [0.29, 0.717) is 162 Å². The standard InChI is InChI=1S/C26H29FN6O.C25H24N6O3.C23H22N8O2.C23H20N6O3/c1-16-4-3-5-19(27)23(16)26(34)31-22-15-28-32-24(22)25-29-20-9-8-18(14-21(20)30-25)7-6-17-10-12-33(2)13-11-17;1-13-5-7-15(8-6-13)17-9-16(14(2)27-17)25(32)30-20-12-26-31-23(20)24-28-18-10-21(33-3)22(34-4)11-19(18)29-24;1-4-13-7-15-17(9-20(13)33-3)29-22(28-15)21-19(11-26-31-21)30-23(32)14-8-16(27-12(14)2)18-10-24-5-6-25-18;1-31-19-8-16-17(9-20(19)32-2)27-22(26-16)21-18(12-25-29-21)28-23(30)15-11-24-10-14(15)13-6-4-3-5-7-13/h3-5,8-9,14-15,17H,6-7,10-13H2,1-2H3,(H,28,32)(H,29,30)(H,31,34);5-8,10-12H,9H2,1-4H3,(H,26,31)(H,28,29)(H,30,32);5-7,9-11H,4,8H2,1-3H3,(H,26,31)(H,28,29)(H,30,32);3-10,12H,11H2,1-2H3,(H,25,29)(H,26,27)(H,28,30). The molecule has 1 saturated heterocycles. The third kappa shape index (κ3) is 19.3. The van der Waals surface area contributed by atoms with Crippen LogP contribution in [0.1, 0.15) is 102 Å². The minimum absolute atomic E-state index is 0.0218. The number of hydrogen-bond acceptors (Lipinski definition) is 23. The molecule has 35 nitrogen and oxygen atoms in total. The highest BCUT2D eigenvalue weighted by atomic mass is 19.1. The Morgan fingerprint density at radius 2 is 0.955 bits per heavy atom. The van der Waals surface area contributed by atoms with Crippen LogP contribution < -0.4 is 45.0 Å². The number of anilines is 4. The number of allylic oxidation sites excluding steroid dienone is 3. The summed E-state index contributed by atoms with van der Waals surface area (Å²) in [6.45, 7) is 12.2. The highest BCUT2D eigenvalue weighted by molar-refractivity contribution is 6.24. The van der Waals surface area contributed by atoms with E-state index in [-0.39, 0.29) is 23.3 Å². The highest BCUT2D eigenvalue weighted by Crippen LogP contribution is 2.39. The van der Waals surface area contributed by atoms with E-state index in [0.717, 1.165) is 91.3 Å². The fraction of sp³-hybridized carbons (Fsp3) is 0.227. The van der Waals surface area contributed by atoms with Crippen LogP contribution in [-0.4, -0.2) is 199 Å². The second-order valence-corrected chi connectivity index (χ2v) is 32.1. The Labute approximate surface area is 760 Å². The maximum atomic E-state index is 14.2. The van der Waals surface area contributed by atoms with Crippen molar-refractivity contribution in [1.82, 2.24) is 95.5 Å². The molecule has 9 aromatic heterocycles. The Hall–Kier alpha value is -16.7. The van der Waals surface area contributed by atoms with Crippen LogP contribution >= 0.6 is 0 Å². The van der Waals surface area contributed by atoms with Crippen LogP contribution in [0.4, 0.5) is 27.1 Å². The minimum Gasteiger partial charge on any atom is -0.496 e. The largest absolute Gasteiger partial charge is 0.496 e. The van der Waals surface area contributed by atoms with Gasteiger partial charge in [-0.2, -0.15) is 20.4 Å². The van der Waals surface area contributed by atoms with Crippen LogP contribution in [0.25, 0.3) is 95.8 Å². The number of carbonyl (C=O) groups excluding carboxylic acids is 4. The molecule has 4 amide bonds. The van der Waals surface area contributed by atoms with E-state index in [2.05, 4.69) is 158 Å². The third-order valence-electron chi connectivity index (χ3n) is 23.5. The first-order valence-corrected chi connectivity index (χ1v) is 43.0. The number of benzene rings is 7. The van der Waals surface area contributed by atoms with Crippen LogP contribution in [0.3, 0.4) is 0 Å². The van der Waals surface area contributed by atoms with E-state index in [1.807, 2.05) is 106 Å². The second kappa shape index (κ2) is 39.1. The number of aliphatic imine (C=N–C) groups is 3. The van der Waals surface area contributed by atoms with Gasteiger partial charge in [0.1, 0.15) is 40.0 Å². The lowest BCUT2D eigenvalue weighted by atomic mass is 9.91. The number of aromatic amines is 8. The molecule has 36 heteroatoms. The Kier molecular flexibility index (Phi) is 26.0. The maximum absolute atomic E-state index is 14.2. The Balaban J connectivity index is 0.000000124. The summed E-state index contributed by atoms with van der Waals surface area (Å²) in [5, 5.41) is 39.7. The number of piperidine rings is 1. The van der Waals surface area contributed by atoms with Crippen molar-refractivity contribution < 1.29 is 47.3 Å². The monoisotopic (exact) mass is 1790 g/mol. The van der Waals surface area contributed by atoms with E-state index in [9.17, 15) is 23.6 Å². The van der Waals surface area contributed by atoms with E-state index in [4.69, 9.17) is 23.7 Å². The first kappa shape index (κ1) is 88.4. The Morgan fingerprint density at radius 3 is 1.46 bits per heavy atom. The van der Waals surface area contributed by atoms with Gasteiger partial charge >= 0.3 is 0 Å². The van der Waals surface area contributed by atoms with Crippen LogP contribution in [0.15, 0.2) is 214 Å². The predicted octanol–water partition coefficient (Wildman–Crippen LogP) is 16.2. The molecule has 4 aliphatic rings. The SMILES string of the molecule is CCc1cc2[nH]c(-c3[nH]ncc3NC(=O)C3=C(C)N=C(c4cnccn4)C3)nc2cc1OC.COc1cc2nc(-c3[nH]ncc3NC(=O)C3=C(C)N=C(c4ccc(C)cc4)C3)[nH]c2cc1OC.COc1cc2nc(-c3[nH]ncc3NC(=O)C3=C(c4ccccc4)C=NC3)[nH]c2cc1OC.Cc1cccc(F)c1C(=O)Nc1cn[nH]c1-c1nc2ccc(CCC3CCN(C)CC3)cc2[nH]1. The molecular formula is C97H95FN26O9. The van der Waals surface area contributed by atoms with Crippen molar-refractivity contribution in [3.63, 3.8) is 0 Å². The minimum atomic E-state index is -0.556. The molecule has 13 heterocycles. The third-order valence-corrected chi connectivity index (χ3v) is 23.5. The molecule has 0 unspecified atom stereocenters. The number of H-pyrrole nitrogens is 8. The number of aryl methyl sites for hydroxylation is 4. The molecule has 0 radical (unpaired) electrons. The van der Waals surface area contributed by atoms with Crippen molar-refractivity contribution in [2.75, 3.05) is 83.5 Å². The summed E-state index contributed by atoms with van der Waals surface area (Å²) in [6.07, 6.45) is 19.3. The summed E-state index contributed by atoms with van der Waals surface area (Å²) in [7, 11) is 10.2. The van der Waals surface area contributed by atoms with Gasteiger partial charge in [-0.1, -0.05) is 85.3 Å². The van der Waals surface area contributed by atoms with Crippen molar-refractivity contribution in [3.05, 3.63) is 249 Å². The number of amides is 4. The molecule has 20 rings (SSSR count). The molecule has 133 heavy (non-hydrogen) atoms. The number of likely N-dealkylation sites (tertiary alicyclic amines) is 1. The quantitative estimate of drug-likeness (QED) is 0.0267. The number of nitrogens with zero attached hydrogens (tertiary/aromatic N) is 14. The highest BCUT2D eigenvalue weighted by Gasteiger charge is 2.30. The molecule has 7 aromatic carbocycles. The van der Waals surface area contributed by atoms with Gasteiger partial charge in [-0.05, 0) is 138 Å². The molecule has 0 saturated carbocycles. The van der Waals surface area contributed by atoms with E-state index < -0.39 is 11.7 Å². The Morgan fingerprint density at radius 1 is 0.481 bits per heavy atom. The van der Waals surface area contributed by atoms with E-state index >= 15 is 0 Å². The Bertz CT molecular complexity index is 7130. The molecule has 16 aromatic rings. The van der Waals surface area contributed by atoms with Crippen LogP contribution in [0.5, 0.6) is 28.7 Å². The van der Waals surface area contributed by atoms with E-state index in [1.54, 1.807) is 110 Å². The summed E-state index contributed by atoms with van der Waals surface area (Å²) < 4.78 is 41.1. The lowest BCUT2D eigenvalue weighted by Gasteiger charge is -2.28. The summed E-state index contributed by atoms with van der Waals surface area (Å²) in [5.41, 5.74) is 23.0. The van der Waals surface area contributed by atoms with Gasteiger partial charge in [0.2, 0.25) is 0 Å². The van der Waals surface area contributed by atoms with Gasteiger partial charge in [-0.15, -0.1) is 0 Å². The first-order valence-electron chi connectivity index (χ1n) is 43.0. The number of ether oxygens (including phenoxy) is 5.